The van der Waals surface area contributed by atoms with Crippen molar-refractivity contribution in [1.82, 2.24) is 4.90 Å². The zero-order valence-electron chi connectivity index (χ0n) is 12.3. The fourth-order valence-corrected chi connectivity index (χ4v) is 3.20. The molecule has 0 spiro atoms. The number of hydrogen-bond acceptors (Lipinski definition) is 2. The van der Waals surface area contributed by atoms with E-state index in [0.717, 1.165) is 32.2 Å². The van der Waals surface area contributed by atoms with Crippen LogP contribution in [-0.4, -0.2) is 36.2 Å². The minimum absolute atomic E-state index is 0. The SMILES string of the molecule is CN(C)C[C@H]1CCCC[C@@]1(O)Cc1ccccc1F.Cl. The summed E-state index contributed by atoms with van der Waals surface area (Å²) in [6.45, 7) is 0.866. The number of halogens is 2. The van der Waals surface area contributed by atoms with Gasteiger partial charge in [-0.1, -0.05) is 31.0 Å². The lowest BCUT2D eigenvalue weighted by Crippen LogP contribution is -2.47. The summed E-state index contributed by atoms with van der Waals surface area (Å²) in [5.41, 5.74) is -0.124. The number of rotatable bonds is 4. The topological polar surface area (TPSA) is 23.5 Å². The molecule has 20 heavy (non-hydrogen) atoms. The van der Waals surface area contributed by atoms with Crippen molar-refractivity contribution < 1.29 is 9.50 Å². The molecular weight excluding hydrogens is 277 g/mol. The first-order valence-electron chi connectivity index (χ1n) is 7.12. The summed E-state index contributed by atoms with van der Waals surface area (Å²) >= 11 is 0. The Morgan fingerprint density at radius 3 is 2.65 bits per heavy atom. The molecule has 0 aliphatic heterocycles. The standard InChI is InChI=1S/C16H24FNO.ClH/c1-18(2)12-14-8-5-6-10-16(14,19)11-13-7-3-4-9-15(13)17;/h3-4,7,9,14,19H,5-6,8,10-12H2,1-2H3;1H/t14-,16-;/m1./s1. The molecule has 0 bridgehead atoms. The largest absolute Gasteiger partial charge is 0.389 e. The Kier molecular flexibility index (Phi) is 6.44. The summed E-state index contributed by atoms with van der Waals surface area (Å²) < 4.78 is 13.8. The fraction of sp³-hybridized carbons (Fsp3) is 0.625. The molecular formula is C16H25ClFNO. The van der Waals surface area contributed by atoms with Crippen LogP contribution in [0.5, 0.6) is 0 Å². The van der Waals surface area contributed by atoms with Crippen LogP contribution in [0.3, 0.4) is 0 Å². The summed E-state index contributed by atoms with van der Waals surface area (Å²) in [6, 6.07) is 6.80. The van der Waals surface area contributed by atoms with Crippen LogP contribution in [-0.2, 0) is 6.42 Å². The first kappa shape index (κ1) is 17.4. The minimum Gasteiger partial charge on any atom is -0.389 e. The van der Waals surface area contributed by atoms with Crippen molar-refractivity contribution in [3.8, 4) is 0 Å². The van der Waals surface area contributed by atoms with Gasteiger partial charge in [0.25, 0.3) is 0 Å². The third-order valence-corrected chi connectivity index (χ3v) is 4.21. The van der Waals surface area contributed by atoms with Gasteiger partial charge in [0.05, 0.1) is 5.60 Å². The molecule has 0 radical (unpaired) electrons. The van der Waals surface area contributed by atoms with Crippen LogP contribution in [0.15, 0.2) is 24.3 Å². The molecule has 1 aliphatic carbocycles. The molecule has 2 atom stereocenters. The second-order valence-corrected chi connectivity index (χ2v) is 6.08. The predicted octanol–water partition coefficient (Wildman–Crippen LogP) is 3.27. The van der Waals surface area contributed by atoms with Crippen LogP contribution in [0.4, 0.5) is 4.39 Å². The molecule has 1 saturated carbocycles. The number of benzene rings is 1. The summed E-state index contributed by atoms with van der Waals surface area (Å²) in [4.78, 5) is 2.11. The van der Waals surface area contributed by atoms with Gasteiger partial charge in [0.15, 0.2) is 0 Å². The Labute approximate surface area is 127 Å². The van der Waals surface area contributed by atoms with Crippen LogP contribution in [0.25, 0.3) is 0 Å². The first-order valence-corrected chi connectivity index (χ1v) is 7.12. The lowest BCUT2D eigenvalue weighted by atomic mass is 9.72. The molecule has 0 aromatic heterocycles. The Morgan fingerprint density at radius 2 is 2.00 bits per heavy atom. The van der Waals surface area contributed by atoms with E-state index in [0.29, 0.717) is 12.0 Å². The Balaban J connectivity index is 0.00000200. The number of hydrogen-bond donors (Lipinski definition) is 1. The molecule has 1 fully saturated rings. The van der Waals surface area contributed by atoms with Gasteiger partial charge >= 0.3 is 0 Å². The molecule has 114 valence electrons. The van der Waals surface area contributed by atoms with Gasteiger partial charge in [-0.3, -0.25) is 0 Å². The van der Waals surface area contributed by atoms with Crippen LogP contribution in [0.2, 0.25) is 0 Å². The van der Waals surface area contributed by atoms with E-state index >= 15 is 0 Å². The highest BCUT2D eigenvalue weighted by Gasteiger charge is 2.39. The average Bonchev–Trinajstić information content (AvgIpc) is 2.35. The number of aliphatic hydroxyl groups is 1. The van der Waals surface area contributed by atoms with E-state index in [9.17, 15) is 9.50 Å². The van der Waals surface area contributed by atoms with E-state index in [1.54, 1.807) is 12.1 Å². The van der Waals surface area contributed by atoms with Gasteiger partial charge in [0.1, 0.15) is 5.82 Å². The predicted molar refractivity (Wildman–Crippen MR) is 82.8 cm³/mol. The molecule has 0 saturated heterocycles. The molecule has 0 heterocycles. The monoisotopic (exact) mass is 301 g/mol. The summed E-state index contributed by atoms with van der Waals surface area (Å²) in [6.07, 6.45) is 4.44. The van der Waals surface area contributed by atoms with E-state index < -0.39 is 5.60 Å². The second-order valence-electron chi connectivity index (χ2n) is 6.08. The van der Waals surface area contributed by atoms with Gasteiger partial charge in [-0.05, 0) is 38.6 Å². The highest BCUT2D eigenvalue weighted by atomic mass is 35.5. The van der Waals surface area contributed by atoms with E-state index in [1.807, 2.05) is 20.2 Å². The van der Waals surface area contributed by atoms with Crippen LogP contribution in [0.1, 0.15) is 31.2 Å². The van der Waals surface area contributed by atoms with Crippen molar-refractivity contribution in [3.05, 3.63) is 35.6 Å². The Bertz CT molecular complexity index is 427. The maximum atomic E-state index is 13.8. The van der Waals surface area contributed by atoms with Gasteiger partial charge in [0.2, 0.25) is 0 Å². The van der Waals surface area contributed by atoms with Gasteiger partial charge in [-0.25, -0.2) is 4.39 Å². The van der Waals surface area contributed by atoms with Crippen LogP contribution >= 0.6 is 12.4 Å². The van der Waals surface area contributed by atoms with Crippen molar-refractivity contribution in [2.24, 2.45) is 5.92 Å². The molecule has 1 N–H and O–H groups in total. The molecule has 2 rings (SSSR count). The second kappa shape index (κ2) is 7.39. The lowest BCUT2D eigenvalue weighted by Gasteiger charge is -2.41. The van der Waals surface area contributed by atoms with Crippen molar-refractivity contribution >= 4 is 12.4 Å². The van der Waals surface area contributed by atoms with Gasteiger partial charge < -0.3 is 10.0 Å². The van der Waals surface area contributed by atoms with Crippen LogP contribution < -0.4 is 0 Å². The first-order chi connectivity index (χ1) is 9.01. The smallest absolute Gasteiger partial charge is 0.126 e. The van der Waals surface area contributed by atoms with Crippen molar-refractivity contribution in [2.45, 2.75) is 37.7 Å². The normalized spacial score (nSPS) is 26.4. The highest BCUT2D eigenvalue weighted by molar-refractivity contribution is 5.85. The maximum Gasteiger partial charge on any atom is 0.126 e. The van der Waals surface area contributed by atoms with Gasteiger partial charge in [0, 0.05) is 18.9 Å². The van der Waals surface area contributed by atoms with Crippen molar-refractivity contribution in [2.75, 3.05) is 20.6 Å². The van der Waals surface area contributed by atoms with Crippen molar-refractivity contribution in [1.29, 1.82) is 0 Å². The maximum absolute atomic E-state index is 13.8. The molecule has 0 amide bonds. The molecule has 1 aromatic rings. The van der Waals surface area contributed by atoms with E-state index in [1.165, 1.54) is 6.07 Å². The minimum atomic E-state index is -0.759. The lowest BCUT2D eigenvalue weighted by molar-refractivity contribution is -0.0557. The quantitative estimate of drug-likeness (QED) is 0.922. The molecule has 1 aliphatic rings. The third kappa shape index (κ3) is 4.18. The number of nitrogens with zero attached hydrogens (tertiary/aromatic N) is 1. The van der Waals surface area contributed by atoms with E-state index in [4.69, 9.17) is 0 Å². The average molecular weight is 302 g/mol. The molecule has 0 unspecified atom stereocenters. The Hall–Kier alpha value is -0.640. The van der Waals surface area contributed by atoms with E-state index in [2.05, 4.69) is 4.90 Å². The fourth-order valence-electron chi connectivity index (χ4n) is 3.20. The van der Waals surface area contributed by atoms with Gasteiger partial charge in [-0.2, -0.15) is 0 Å². The summed E-state index contributed by atoms with van der Waals surface area (Å²) in [5, 5.41) is 11.0. The molecule has 1 aromatic carbocycles. The molecule has 4 heteroatoms. The van der Waals surface area contributed by atoms with Crippen LogP contribution in [0, 0.1) is 11.7 Å². The highest BCUT2D eigenvalue weighted by Crippen LogP contribution is 2.37. The van der Waals surface area contributed by atoms with E-state index in [-0.39, 0.29) is 24.1 Å². The zero-order chi connectivity index (χ0) is 13.9. The van der Waals surface area contributed by atoms with Gasteiger partial charge in [-0.15, -0.1) is 12.4 Å². The zero-order valence-corrected chi connectivity index (χ0v) is 13.1. The van der Waals surface area contributed by atoms with Crippen molar-refractivity contribution in [3.63, 3.8) is 0 Å². The summed E-state index contributed by atoms with van der Waals surface area (Å²) in [5.74, 6) is 0.0287. The Morgan fingerprint density at radius 1 is 1.30 bits per heavy atom. The summed E-state index contributed by atoms with van der Waals surface area (Å²) in [7, 11) is 4.05. The third-order valence-electron chi connectivity index (χ3n) is 4.21. The molecule has 2 nitrogen and oxygen atoms in total.